The molecule has 6 heteroatoms. The minimum Gasteiger partial charge on any atom is -0.349 e. The van der Waals surface area contributed by atoms with Crippen molar-refractivity contribution in [2.75, 3.05) is 5.32 Å². The highest BCUT2D eigenvalue weighted by molar-refractivity contribution is 7.99. The van der Waals surface area contributed by atoms with E-state index in [9.17, 15) is 9.59 Å². The predicted molar refractivity (Wildman–Crippen MR) is 122 cm³/mol. The monoisotopic (exact) mass is 430 g/mol. The smallest absolute Gasteiger partial charge is 0.253 e. The molecule has 0 aliphatic heterocycles. The molecule has 1 unspecified atom stereocenters. The Morgan fingerprint density at radius 3 is 2.55 bits per heavy atom. The van der Waals surface area contributed by atoms with Gasteiger partial charge in [-0.15, -0.1) is 11.8 Å². The molecule has 0 radical (unpaired) electrons. The van der Waals surface area contributed by atoms with E-state index in [0.717, 1.165) is 31.4 Å². The molecular formula is C23H27ClN2O2S. The van der Waals surface area contributed by atoms with Crippen LogP contribution in [0, 0.1) is 0 Å². The molecule has 154 valence electrons. The Labute approximate surface area is 181 Å². The minimum atomic E-state index is -0.217. The third-order valence-corrected chi connectivity index (χ3v) is 6.67. The van der Waals surface area contributed by atoms with Crippen LogP contribution in [0.15, 0.2) is 48.5 Å². The lowest BCUT2D eigenvalue weighted by molar-refractivity contribution is -0.115. The van der Waals surface area contributed by atoms with Crippen molar-refractivity contribution in [1.29, 1.82) is 0 Å². The van der Waals surface area contributed by atoms with Gasteiger partial charge in [-0.05, 0) is 43.5 Å². The maximum atomic E-state index is 12.7. The van der Waals surface area contributed by atoms with E-state index in [1.807, 2.05) is 37.3 Å². The number of amides is 2. The Bertz CT molecular complexity index is 838. The summed E-state index contributed by atoms with van der Waals surface area (Å²) in [5, 5.41) is 6.16. The normalized spacial score (nSPS) is 15.5. The number of hydrogen-bond acceptors (Lipinski definition) is 3. The van der Waals surface area contributed by atoms with Crippen LogP contribution >= 0.6 is 23.4 Å². The average molecular weight is 431 g/mol. The second kappa shape index (κ2) is 10.7. The lowest BCUT2D eigenvalue weighted by Gasteiger charge is -2.23. The Balaban J connectivity index is 1.58. The fourth-order valence-electron chi connectivity index (χ4n) is 3.40. The first-order chi connectivity index (χ1) is 14.0. The molecular weight excluding hydrogens is 404 g/mol. The van der Waals surface area contributed by atoms with E-state index < -0.39 is 0 Å². The molecule has 1 aliphatic rings. The second-order valence-electron chi connectivity index (χ2n) is 7.43. The summed E-state index contributed by atoms with van der Waals surface area (Å²) < 4.78 is 0. The van der Waals surface area contributed by atoms with Crippen LogP contribution in [0.3, 0.4) is 0 Å². The molecule has 0 heterocycles. The summed E-state index contributed by atoms with van der Waals surface area (Å²) in [5.41, 5.74) is 2.17. The lowest BCUT2D eigenvalue weighted by Crippen LogP contribution is -2.36. The molecule has 2 amide bonds. The quantitative estimate of drug-likeness (QED) is 0.595. The van der Waals surface area contributed by atoms with Crippen LogP contribution in [-0.2, 0) is 10.5 Å². The maximum absolute atomic E-state index is 12.7. The second-order valence-corrected chi connectivity index (χ2v) is 9.17. The topological polar surface area (TPSA) is 58.2 Å². The average Bonchev–Trinajstić information content (AvgIpc) is 2.74. The number of anilines is 1. The molecule has 0 spiro atoms. The van der Waals surface area contributed by atoms with Gasteiger partial charge in [-0.3, -0.25) is 9.59 Å². The van der Waals surface area contributed by atoms with Crippen LogP contribution < -0.4 is 10.6 Å². The summed E-state index contributed by atoms with van der Waals surface area (Å²) in [4.78, 5) is 25.2. The van der Waals surface area contributed by atoms with E-state index >= 15 is 0 Å². The van der Waals surface area contributed by atoms with Gasteiger partial charge < -0.3 is 10.6 Å². The first-order valence-corrected chi connectivity index (χ1v) is 11.5. The molecule has 1 saturated carbocycles. The molecule has 2 aromatic carbocycles. The van der Waals surface area contributed by atoms with Crippen molar-refractivity contribution in [3.8, 4) is 0 Å². The standard InChI is InChI=1S/C23H27ClN2O2S/c1-16(29-15-17-8-4-2-5-9-17)22(27)26-19-12-13-21(24)20(14-19)23(28)25-18-10-6-3-7-11-18/h2,4-5,8-9,12-14,16,18H,3,6-7,10-11,15H2,1H3,(H,25,28)(H,26,27). The summed E-state index contributed by atoms with van der Waals surface area (Å²) in [5.74, 6) is 0.502. The van der Waals surface area contributed by atoms with Crippen molar-refractivity contribution in [1.82, 2.24) is 5.32 Å². The predicted octanol–water partition coefficient (Wildman–Crippen LogP) is 5.66. The van der Waals surface area contributed by atoms with Gasteiger partial charge in [-0.25, -0.2) is 0 Å². The largest absolute Gasteiger partial charge is 0.349 e. The summed E-state index contributed by atoms with van der Waals surface area (Å²) in [6.45, 7) is 1.88. The summed E-state index contributed by atoms with van der Waals surface area (Å²) in [6.07, 6.45) is 5.54. The highest BCUT2D eigenvalue weighted by Gasteiger charge is 2.20. The number of halogens is 1. The number of benzene rings is 2. The van der Waals surface area contributed by atoms with Crippen LogP contribution in [0.1, 0.15) is 54.9 Å². The van der Waals surface area contributed by atoms with Gasteiger partial charge in [-0.1, -0.05) is 61.2 Å². The molecule has 4 nitrogen and oxygen atoms in total. The SMILES string of the molecule is CC(SCc1ccccc1)C(=O)Nc1ccc(Cl)c(C(=O)NC2CCCCC2)c1. The molecule has 0 saturated heterocycles. The molecule has 0 bridgehead atoms. The third kappa shape index (κ3) is 6.51. The fraction of sp³-hybridized carbons (Fsp3) is 0.391. The number of carbonyl (C=O) groups is 2. The van der Waals surface area contributed by atoms with E-state index in [0.29, 0.717) is 16.3 Å². The van der Waals surface area contributed by atoms with Crippen molar-refractivity contribution in [3.05, 3.63) is 64.7 Å². The summed E-state index contributed by atoms with van der Waals surface area (Å²) >= 11 is 7.82. The van der Waals surface area contributed by atoms with Crippen molar-refractivity contribution >= 4 is 40.9 Å². The van der Waals surface area contributed by atoms with Gasteiger partial charge in [0.15, 0.2) is 0 Å². The first-order valence-electron chi connectivity index (χ1n) is 10.1. The van der Waals surface area contributed by atoms with Crippen molar-refractivity contribution in [3.63, 3.8) is 0 Å². The molecule has 0 aromatic heterocycles. The number of carbonyl (C=O) groups excluding carboxylic acids is 2. The Kier molecular flexibility index (Phi) is 8.01. The molecule has 1 aliphatic carbocycles. The zero-order valence-electron chi connectivity index (χ0n) is 16.6. The fourth-order valence-corrected chi connectivity index (χ4v) is 4.45. The summed E-state index contributed by atoms with van der Waals surface area (Å²) in [6, 6.07) is 15.3. The van der Waals surface area contributed by atoms with Crippen LogP contribution in [0.2, 0.25) is 5.02 Å². The van der Waals surface area contributed by atoms with E-state index in [-0.39, 0.29) is 23.1 Å². The third-order valence-electron chi connectivity index (χ3n) is 5.13. The van der Waals surface area contributed by atoms with Gasteiger partial charge in [0.05, 0.1) is 15.8 Å². The van der Waals surface area contributed by atoms with E-state index in [2.05, 4.69) is 10.6 Å². The number of nitrogens with one attached hydrogen (secondary N) is 2. The van der Waals surface area contributed by atoms with Crippen molar-refractivity contribution in [2.24, 2.45) is 0 Å². The van der Waals surface area contributed by atoms with Crippen LogP contribution in [0.5, 0.6) is 0 Å². The maximum Gasteiger partial charge on any atom is 0.253 e. The lowest BCUT2D eigenvalue weighted by atomic mass is 9.95. The van der Waals surface area contributed by atoms with E-state index in [1.54, 1.807) is 30.0 Å². The Morgan fingerprint density at radius 2 is 1.83 bits per heavy atom. The zero-order chi connectivity index (χ0) is 20.6. The first kappa shape index (κ1) is 21.7. The Hall–Kier alpha value is -1.98. The zero-order valence-corrected chi connectivity index (χ0v) is 18.2. The van der Waals surface area contributed by atoms with Crippen molar-refractivity contribution in [2.45, 2.75) is 56.1 Å². The van der Waals surface area contributed by atoms with E-state index in [4.69, 9.17) is 11.6 Å². The number of rotatable bonds is 7. The molecule has 2 aromatic rings. The molecule has 2 N–H and O–H groups in total. The van der Waals surface area contributed by atoms with Gasteiger partial charge >= 0.3 is 0 Å². The van der Waals surface area contributed by atoms with Gasteiger partial charge in [0.1, 0.15) is 0 Å². The Morgan fingerprint density at radius 1 is 1.10 bits per heavy atom. The summed E-state index contributed by atoms with van der Waals surface area (Å²) in [7, 11) is 0. The van der Waals surface area contributed by atoms with Gasteiger partial charge in [-0.2, -0.15) is 0 Å². The number of thioether (sulfide) groups is 1. The molecule has 3 rings (SSSR count). The number of hydrogen-bond donors (Lipinski definition) is 2. The van der Waals surface area contributed by atoms with Crippen LogP contribution in [0.4, 0.5) is 5.69 Å². The van der Waals surface area contributed by atoms with Gasteiger partial charge in [0.2, 0.25) is 5.91 Å². The van der Waals surface area contributed by atoms with Gasteiger partial charge in [0, 0.05) is 17.5 Å². The minimum absolute atomic E-state index is 0.0908. The molecule has 29 heavy (non-hydrogen) atoms. The highest BCUT2D eigenvalue weighted by atomic mass is 35.5. The van der Waals surface area contributed by atoms with E-state index in [1.165, 1.54) is 12.0 Å². The van der Waals surface area contributed by atoms with Crippen LogP contribution in [-0.4, -0.2) is 23.1 Å². The van der Waals surface area contributed by atoms with Crippen LogP contribution in [0.25, 0.3) is 0 Å². The van der Waals surface area contributed by atoms with Crippen molar-refractivity contribution < 1.29 is 9.59 Å². The van der Waals surface area contributed by atoms with Gasteiger partial charge in [0.25, 0.3) is 5.91 Å². The molecule has 1 fully saturated rings. The highest BCUT2D eigenvalue weighted by Crippen LogP contribution is 2.24. The molecule has 1 atom stereocenters.